The van der Waals surface area contributed by atoms with Crippen LogP contribution in [0.25, 0.3) is 6.08 Å². The third-order valence-electron chi connectivity index (χ3n) is 3.59. The van der Waals surface area contributed by atoms with E-state index in [0.29, 0.717) is 27.9 Å². The molecule has 1 saturated heterocycles. The normalized spacial score (nSPS) is 15.4. The van der Waals surface area contributed by atoms with Crippen LogP contribution in [0.5, 0.6) is 5.75 Å². The van der Waals surface area contributed by atoms with E-state index in [-0.39, 0.29) is 5.12 Å². The van der Waals surface area contributed by atoms with Crippen molar-refractivity contribution in [3.8, 4) is 5.75 Å². The maximum Gasteiger partial charge on any atom is 0.343 e. The molecule has 0 atom stereocenters. The summed E-state index contributed by atoms with van der Waals surface area (Å²) in [6.45, 7) is 4.16. The largest absolute Gasteiger partial charge is 0.423 e. The summed E-state index contributed by atoms with van der Waals surface area (Å²) in [5, 5.41) is -0.108. The van der Waals surface area contributed by atoms with Crippen LogP contribution in [0.3, 0.4) is 0 Å². The van der Waals surface area contributed by atoms with Gasteiger partial charge in [0.1, 0.15) is 10.1 Å². The van der Waals surface area contributed by atoms with Crippen LogP contribution >= 0.6 is 24.0 Å². The summed E-state index contributed by atoms with van der Waals surface area (Å²) in [4.78, 5) is 26.1. The minimum atomic E-state index is -0.433. The molecule has 6 heteroatoms. The molecule has 0 N–H and O–H groups in total. The maximum absolute atomic E-state index is 12.2. The molecule has 2 aromatic rings. The number of esters is 1. The highest BCUT2D eigenvalue weighted by molar-refractivity contribution is 8.33. The van der Waals surface area contributed by atoms with Crippen molar-refractivity contribution in [2.75, 3.05) is 6.54 Å². The molecular weight excluding hydrogens is 366 g/mol. The lowest BCUT2D eigenvalue weighted by Gasteiger charge is -2.15. The van der Waals surface area contributed by atoms with Crippen molar-refractivity contribution in [3.05, 3.63) is 84.1 Å². The maximum atomic E-state index is 12.2. The zero-order chi connectivity index (χ0) is 18.5. The van der Waals surface area contributed by atoms with Gasteiger partial charge in [-0.1, -0.05) is 48.6 Å². The highest BCUT2D eigenvalue weighted by atomic mass is 32.2. The lowest BCUT2D eigenvalue weighted by Crippen LogP contribution is -2.21. The third kappa shape index (κ3) is 4.09. The number of carbonyl (C=O) groups is 2. The van der Waals surface area contributed by atoms with Crippen molar-refractivity contribution in [1.82, 2.24) is 4.90 Å². The molecule has 2 aromatic carbocycles. The van der Waals surface area contributed by atoms with Crippen molar-refractivity contribution in [3.63, 3.8) is 0 Å². The number of hydrogen-bond donors (Lipinski definition) is 0. The molecule has 0 spiro atoms. The molecular formula is C20H15NO3S2. The molecule has 0 aromatic heterocycles. The zero-order valence-electron chi connectivity index (χ0n) is 13.8. The van der Waals surface area contributed by atoms with Gasteiger partial charge in [0.25, 0.3) is 0 Å². The monoisotopic (exact) mass is 381 g/mol. The number of thiocarbonyl (C=S) groups is 1. The highest BCUT2D eigenvalue weighted by Gasteiger charge is 2.30. The molecule has 3 rings (SSSR count). The first-order chi connectivity index (χ1) is 12.6. The molecule has 1 aliphatic rings. The van der Waals surface area contributed by atoms with Crippen LogP contribution in [-0.4, -0.2) is 26.8 Å². The average molecular weight is 381 g/mol. The van der Waals surface area contributed by atoms with Crippen LogP contribution in [0, 0.1) is 0 Å². The van der Waals surface area contributed by atoms with Crippen molar-refractivity contribution >= 4 is 45.5 Å². The quantitative estimate of drug-likeness (QED) is 0.253. The predicted octanol–water partition coefficient (Wildman–Crippen LogP) is 4.29. The van der Waals surface area contributed by atoms with Gasteiger partial charge in [-0.05, 0) is 47.7 Å². The van der Waals surface area contributed by atoms with Gasteiger partial charge >= 0.3 is 5.97 Å². The molecule has 1 fully saturated rings. The second-order valence-electron chi connectivity index (χ2n) is 5.41. The van der Waals surface area contributed by atoms with E-state index in [4.69, 9.17) is 17.0 Å². The summed E-state index contributed by atoms with van der Waals surface area (Å²) in [5.74, 6) is -0.0264. The van der Waals surface area contributed by atoms with E-state index in [0.717, 1.165) is 17.3 Å². The fourth-order valence-electron chi connectivity index (χ4n) is 2.40. The Morgan fingerprint density at radius 1 is 1.19 bits per heavy atom. The number of rotatable bonds is 5. The van der Waals surface area contributed by atoms with Gasteiger partial charge in [-0.3, -0.25) is 4.79 Å². The van der Waals surface area contributed by atoms with Crippen LogP contribution < -0.4 is 4.74 Å². The van der Waals surface area contributed by atoms with E-state index >= 15 is 0 Å². The number of thioether (sulfide) groups is 1. The zero-order valence-corrected chi connectivity index (χ0v) is 15.4. The first kappa shape index (κ1) is 18.1. The molecule has 1 heterocycles. The van der Waals surface area contributed by atoms with Crippen LogP contribution in [-0.2, 0) is 4.79 Å². The highest BCUT2D eigenvalue weighted by Crippen LogP contribution is 2.31. The van der Waals surface area contributed by atoms with Gasteiger partial charge in [0.05, 0.1) is 11.3 Å². The molecule has 0 amide bonds. The van der Waals surface area contributed by atoms with Gasteiger partial charge in [-0.2, -0.15) is 0 Å². The Morgan fingerprint density at radius 3 is 2.69 bits per heavy atom. The standard InChI is InChI=1S/C20H15NO3S2/c1-2-11-21-17(19(23)26-20(21)25)13-14-7-6-10-16(12-14)24-18(22)15-8-4-3-5-9-15/h2-10,12-13H,1,11H2. The Balaban J connectivity index is 1.83. The van der Waals surface area contributed by atoms with E-state index in [1.807, 2.05) is 12.1 Å². The van der Waals surface area contributed by atoms with E-state index in [2.05, 4.69) is 6.58 Å². The second-order valence-corrected chi connectivity index (χ2v) is 7.02. The third-order valence-corrected chi connectivity index (χ3v) is 4.85. The Labute approximate surface area is 161 Å². The van der Waals surface area contributed by atoms with Crippen molar-refractivity contribution in [2.45, 2.75) is 0 Å². The van der Waals surface area contributed by atoms with Gasteiger partial charge in [-0.15, -0.1) is 6.58 Å². The minimum absolute atomic E-state index is 0.108. The number of hydrogen-bond acceptors (Lipinski definition) is 5. The minimum Gasteiger partial charge on any atom is -0.423 e. The lowest BCUT2D eigenvalue weighted by atomic mass is 10.1. The fraction of sp³-hybridized carbons (Fsp3) is 0.0500. The number of carbonyl (C=O) groups excluding carboxylic acids is 2. The molecule has 26 heavy (non-hydrogen) atoms. The van der Waals surface area contributed by atoms with Gasteiger partial charge < -0.3 is 9.64 Å². The average Bonchev–Trinajstić information content (AvgIpc) is 2.90. The van der Waals surface area contributed by atoms with Gasteiger partial charge in [0.15, 0.2) is 0 Å². The number of nitrogens with zero attached hydrogens (tertiary/aromatic N) is 1. The Bertz CT molecular complexity index is 906. The summed E-state index contributed by atoms with van der Waals surface area (Å²) in [5.41, 5.74) is 1.71. The summed E-state index contributed by atoms with van der Waals surface area (Å²) < 4.78 is 5.92. The summed E-state index contributed by atoms with van der Waals surface area (Å²) in [6, 6.07) is 15.8. The van der Waals surface area contributed by atoms with E-state index < -0.39 is 5.97 Å². The molecule has 4 nitrogen and oxygen atoms in total. The fourth-order valence-corrected chi connectivity index (χ4v) is 3.52. The molecule has 1 aliphatic heterocycles. The van der Waals surface area contributed by atoms with E-state index in [1.165, 1.54) is 0 Å². The molecule has 0 bridgehead atoms. The number of benzene rings is 2. The molecule has 130 valence electrons. The van der Waals surface area contributed by atoms with E-state index in [1.54, 1.807) is 59.5 Å². The Kier molecular flexibility index (Phi) is 5.65. The lowest BCUT2D eigenvalue weighted by molar-refractivity contribution is -0.108. The summed E-state index contributed by atoms with van der Waals surface area (Å²) in [6.07, 6.45) is 3.43. The van der Waals surface area contributed by atoms with Crippen molar-refractivity contribution in [2.24, 2.45) is 0 Å². The van der Waals surface area contributed by atoms with Crippen LogP contribution in [0.1, 0.15) is 15.9 Å². The summed E-state index contributed by atoms with van der Waals surface area (Å²) >= 11 is 6.25. The molecule has 0 radical (unpaired) electrons. The second kappa shape index (κ2) is 8.12. The van der Waals surface area contributed by atoms with Gasteiger partial charge in [0.2, 0.25) is 5.12 Å². The van der Waals surface area contributed by atoms with Crippen molar-refractivity contribution in [1.29, 1.82) is 0 Å². The molecule has 0 aliphatic carbocycles. The van der Waals surface area contributed by atoms with Crippen LogP contribution in [0.2, 0.25) is 0 Å². The molecule has 0 unspecified atom stereocenters. The van der Waals surface area contributed by atoms with Crippen LogP contribution in [0.15, 0.2) is 72.9 Å². The van der Waals surface area contributed by atoms with Gasteiger partial charge in [-0.25, -0.2) is 4.79 Å². The Hall–Kier alpha value is -2.70. The molecule has 0 saturated carbocycles. The smallest absolute Gasteiger partial charge is 0.343 e. The van der Waals surface area contributed by atoms with Gasteiger partial charge in [0, 0.05) is 6.54 Å². The van der Waals surface area contributed by atoms with E-state index in [9.17, 15) is 9.59 Å². The first-order valence-corrected chi connectivity index (χ1v) is 9.04. The predicted molar refractivity (Wildman–Crippen MR) is 108 cm³/mol. The summed E-state index contributed by atoms with van der Waals surface area (Å²) in [7, 11) is 0. The van der Waals surface area contributed by atoms with Crippen molar-refractivity contribution < 1.29 is 14.3 Å². The SMILES string of the molecule is C=CCN1C(=S)SC(=O)C1=Cc1cccc(OC(=O)c2ccccc2)c1. The number of ether oxygens (including phenoxy) is 1. The first-order valence-electron chi connectivity index (χ1n) is 7.82. The Morgan fingerprint density at radius 2 is 1.96 bits per heavy atom. The topological polar surface area (TPSA) is 46.6 Å². The van der Waals surface area contributed by atoms with Crippen LogP contribution in [0.4, 0.5) is 0 Å².